The van der Waals surface area contributed by atoms with Crippen LogP contribution in [-0.4, -0.2) is 59.4 Å². The minimum atomic E-state index is -0.278. The Hall–Kier alpha value is -1.40. The van der Waals surface area contributed by atoms with E-state index in [-0.39, 0.29) is 57.1 Å². The standard InChI is InChI=1S/C16H27NO5/c18-12-10-17(11-13-19)15(20)8-5-9-16(21)22-14-6-3-1-2-4-7-14/h3,6,14,18-19H,1-2,4-5,7-13H2. The average Bonchev–Trinajstić information content (AvgIpc) is 2.75. The molecular formula is C16H27NO5. The molecule has 0 heterocycles. The lowest BCUT2D eigenvalue weighted by Gasteiger charge is -2.20. The minimum Gasteiger partial charge on any atom is -0.458 e. The molecule has 0 aromatic carbocycles. The van der Waals surface area contributed by atoms with Crippen molar-refractivity contribution in [3.05, 3.63) is 12.2 Å². The summed E-state index contributed by atoms with van der Waals surface area (Å²) in [6, 6.07) is 0. The first-order chi connectivity index (χ1) is 10.7. The highest BCUT2D eigenvalue weighted by Crippen LogP contribution is 2.15. The molecule has 22 heavy (non-hydrogen) atoms. The maximum Gasteiger partial charge on any atom is 0.306 e. The van der Waals surface area contributed by atoms with Gasteiger partial charge in [-0.05, 0) is 38.2 Å². The summed E-state index contributed by atoms with van der Waals surface area (Å²) in [6.45, 7) is 0.136. The number of carbonyl (C=O) groups excluding carboxylic acids is 2. The van der Waals surface area contributed by atoms with Crippen LogP contribution in [0.3, 0.4) is 0 Å². The first kappa shape index (κ1) is 18.6. The fourth-order valence-electron chi connectivity index (χ4n) is 2.42. The van der Waals surface area contributed by atoms with Gasteiger partial charge in [0.2, 0.25) is 5.91 Å². The van der Waals surface area contributed by atoms with E-state index in [1.165, 1.54) is 4.90 Å². The molecule has 6 heteroatoms. The van der Waals surface area contributed by atoms with Crippen LogP contribution in [-0.2, 0) is 14.3 Å². The fourth-order valence-corrected chi connectivity index (χ4v) is 2.42. The van der Waals surface area contributed by atoms with E-state index in [9.17, 15) is 9.59 Å². The molecule has 0 spiro atoms. The van der Waals surface area contributed by atoms with Gasteiger partial charge >= 0.3 is 5.97 Å². The van der Waals surface area contributed by atoms with Gasteiger partial charge in [-0.15, -0.1) is 0 Å². The van der Waals surface area contributed by atoms with Crippen LogP contribution in [0.2, 0.25) is 0 Å². The largest absolute Gasteiger partial charge is 0.458 e. The van der Waals surface area contributed by atoms with Gasteiger partial charge in [-0.2, -0.15) is 0 Å². The second-order valence-corrected chi connectivity index (χ2v) is 5.42. The van der Waals surface area contributed by atoms with Crippen molar-refractivity contribution in [2.24, 2.45) is 0 Å². The number of hydrogen-bond acceptors (Lipinski definition) is 5. The van der Waals surface area contributed by atoms with Crippen molar-refractivity contribution >= 4 is 11.9 Å². The predicted octanol–water partition coefficient (Wildman–Crippen LogP) is 1.01. The zero-order chi connectivity index (χ0) is 16.2. The molecule has 0 aromatic rings. The van der Waals surface area contributed by atoms with Crippen molar-refractivity contribution < 1.29 is 24.5 Å². The second-order valence-electron chi connectivity index (χ2n) is 5.42. The number of aliphatic hydroxyl groups excluding tert-OH is 2. The monoisotopic (exact) mass is 313 g/mol. The number of nitrogens with zero attached hydrogens (tertiary/aromatic N) is 1. The highest BCUT2D eigenvalue weighted by Gasteiger charge is 2.15. The van der Waals surface area contributed by atoms with Gasteiger partial charge in [-0.3, -0.25) is 9.59 Å². The van der Waals surface area contributed by atoms with Gasteiger partial charge in [-0.25, -0.2) is 0 Å². The fraction of sp³-hybridized carbons (Fsp3) is 0.750. The molecule has 0 aromatic heterocycles. The van der Waals surface area contributed by atoms with Crippen LogP contribution >= 0.6 is 0 Å². The van der Waals surface area contributed by atoms with Crippen LogP contribution in [0.15, 0.2) is 12.2 Å². The maximum atomic E-state index is 11.9. The van der Waals surface area contributed by atoms with Gasteiger partial charge in [0.1, 0.15) is 6.10 Å². The molecule has 1 amide bonds. The zero-order valence-electron chi connectivity index (χ0n) is 13.1. The lowest BCUT2D eigenvalue weighted by Crippen LogP contribution is -2.35. The van der Waals surface area contributed by atoms with Crippen molar-refractivity contribution in [3.63, 3.8) is 0 Å². The Morgan fingerprint density at radius 3 is 2.55 bits per heavy atom. The van der Waals surface area contributed by atoms with Crippen molar-refractivity contribution in [2.75, 3.05) is 26.3 Å². The van der Waals surface area contributed by atoms with E-state index in [2.05, 4.69) is 6.08 Å². The quantitative estimate of drug-likeness (QED) is 0.490. The molecule has 2 N–H and O–H groups in total. The van der Waals surface area contributed by atoms with Gasteiger partial charge in [-0.1, -0.05) is 6.08 Å². The van der Waals surface area contributed by atoms with Crippen LogP contribution in [0.5, 0.6) is 0 Å². The summed E-state index contributed by atoms with van der Waals surface area (Å²) in [6.07, 6.45) is 8.79. The molecule has 126 valence electrons. The van der Waals surface area contributed by atoms with Gasteiger partial charge < -0.3 is 19.8 Å². The SMILES string of the molecule is O=C(CCCC(=O)N(CCO)CCO)OC1C=CCCCC1. The number of carbonyl (C=O) groups is 2. The second kappa shape index (κ2) is 11.2. The molecule has 0 aliphatic heterocycles. The van der Waals surface area contributed by atoms with Crippen LogP contribution in [0.4, 0.5) is 0 Å². The number of aliphatic hydroxyl groups is 2. The summed E-state index contributed by atoms with van der Waals surface area (Å²) in [5.74, 6) is -0.439. The summed E-state index contributed by atoms with van der Waals surface area (Å²) in [7, 11) is 0. The van der Waals surface area contributed by atoms with Crippen molar-refractivity contribution in [1.29, 1.82) is 0 Å². The van der Waals surface area contributed by atoms with Gasteiger partial charge in [0.25, 0.3) is 0 Å². The zero-order valence-corrected chi connectivity index (χ0v) is 13.1. The molecule has 0 fully saturated rings. The highest BCUT2D eigenvalue weighted by molar-refractivity contribution is 5.77. The molecule has 0 saturated heterocycles. The number of hydrogen-bond donors (Lipinski definition) is 2. The third-order valence-corrected chi connectivity index (χ3v) is 3.61. The molecule has 1 rings (SSSR count). The van der Waals surface area contributed by atoms with Crippen LogP contribution in [0.1, 0.15) is 44.9 Å². The molecule has 1 aliphatic carbocycles. The van der Waals surface area contributed by atoms with E-state index in [1.807, 2.05) is 6.08 Å². The number of rotatable bonds is 9. The Morgan fingerprint density at radius 1 is 1.14 bits per heavy atom. The molecule has 1 unspecified atom stereocenters. The molecule has 6 nitrogen and oxygen atoms in total. The van der Waals surface area contributed by atoms with Crippen molar-refractivity contribution in [2.45, 2.75) is 51.0 Å². The molecule has 0 saturated carbocycles. The Morgan fingerprint density at radius 2 is 1.86 bits per heavy atom. The van der Waals surface area contributed by atoms with Crippen LogP contribution < -0.4 is 0 Å². The number of ether oxygens (including phenoxy) is 1. The predicted molar refractivity (Wildman–Crippen MR) is 82.1 cm³/mol. The first-order valence-corrected chi connectivity index (χ1v) is 8.03. The van der Waals surface area contributed by atoms with E-state index < -0.39 is 0 Å². The Kier molecular flexibility index (Phi) is 9.50. The third-order valence-electron chi connectivity index (χ3n) is 3.61. The maximum absolute atomic E-state index is 11.9. The minimum absolute atomic E-state index is 0.133. The third kappa shape index (κ3) is 7.56. The summed E-state index contributed by atoms with van der Waals surface area (Å²) < 4.78 is 5.38. The normalized spacial score (nSPS) is 17.8. The summed E-state index contributed by atoms with van der Waals surface area (Å²) in [4.78, 5) is 25.0. The number of esters is 1. The lowest BCUT2D eigenvalue weighted by atomic mass is 10.2. The van der Waals surface area contributed by atoms with E-state index in [1.54, 1.807) is 0 Å². The van der Waals surface area contributed by atoms with Gasteiger partial charge in [0.15, 0.2) is 0 Å². The summed E-state index contributed by atoms with van der Waals surface area (Å²) >= 11 is 0. The van der Waals surface area contributed by atoms with Crippen molar-refractivity contribution in [3.8, 4) is 0 Å². The molecular weight excluding hydrogens is 286 g/mol. The Bertz CT molecular complexity index is 364. The molecule has 0 bridgehead atoms. The smallest absolute Gasteiger partial charge is 0.306 e. The van der Waals surface area contributed by atoms with Crippen LogP contribution in [0.25, 0.3) is 0 Å². The molecule has 0 radical (unpaired) electrons. The summed E-state index contributed by atoms with van der Waals surface area (Å²) in [5.41, 5.74) is 0. The van der Waals surface area contributed by atoms with Crippen LogP contribution in [0, 0.1) is 0 Å². The molecule has 1 atom stereocenters. The van der Waals surface area contributed by atoms with Gasteiger partial charge in [0, 0.05) is 25.9 Å². The van der Waals surface area contributed by atoms with Gasteiger partial charge in [0.05, 0.1) is 13.2 Å². The van der Waals surface area contributed by atoms with E-state index in [0.717, 1.165) is 25.7 Å². The number of allylic oxidation sites excluding steroid dienone is 1. The highest BCUT2D eigenvalue weighted by atomic mass is 16.5. The first-order valence-electron chi connectivity index (χ1n) is 8.03. The van der Waals surface area contributed by atoms with E-state index in [4.69, 9.17) is 14.9 Å². The summed E-state index contributed by atoms with van der Waals surface area (Å²) in [5, 5.41) is 17.8. The van der Waals surface area contributed by atoms with E-state index in [0.29, 0.717) is 6.42 Å². The Balaban J connectivity index is 2.24. The van der Waals surface area contributed by atoms with E-state index >= 15 is 0 Å². The van der Waals surface area contributed by atoms with Crippen molar-refractivity contribution in [1.82, 2.24) is 4.90 Å². The number of amides is 1. The topological polar surface area (TPSA) is 87.1 Å². The Labute approximate surface area is 131 Å². The lowest BCUT2D eigenvalue weighted by molar-refractivity contribution is -0.147. The molecule has 1 aliphatic rings. The average molecular weight is 313 g/mol.